The van der Waals surface area contributed by atoms with Crippen LogP contribution in [0, 0.1) is 5.41 Å². The van der Waals surface area contributed by atoms with Crippen LogP contribution < -0.4 is 11.1 Å². The van der Waals surface area contributed by atoms with Gasteiger partial charge in [-0.05, 0) is 51.4 Å². The Morgan fingerprint density at radius 2 is 2.19 bits per heavy atom. The summed E-state index contributed by atoms with van der Waals surface area (Å²) in [6.07, 6.45) is 4.98. The highest BCUT2D eigenvalue weighted by atomic mass is 15.0. The molecule has 0 radical (unpaired) electrons. The van der Waals surface area contributed by atoms with E-state index in [1.54, 1.807) is 0 Å². The van der Waals surface area contributed by atoms with Gasteiger partial charge in [0.25, 0.3) is 0 Å². The van der Waals surface area contributed by atoms with Crippen LogP contribution in [0.15, 0.2) is 21.4 Å². The van der Waals surface area contributed by atoms with Crippen molar-refractivity contribution >= 4 is 12.9 Å². The summed E-state index contributed by atoms with van der Waals surface area (Å²) in [6.45, 7) is 7.64. The van der Waals surface area contributed by atoms with Crippen molar-refractivity contribution in [3.05, 3.63) is 11.4 Å². The Morgan fingerprint density at radius 1 is 1.50 bits per heavy atom. The second-order valence-corrected chi connectivity index (χ2v) is 4.64. The molecule has 1 atom stereocenters. The first-order chi connectivity index (χ1) is 7.73. The number of hydrogen-bond donors (Lipinski definition) is 2. The monoisotopic (exact) mass is 220 g/mol. The van der Waals surface area contributed by atoms with E-state index in [-0.39, 0.29) is 11.5 Å². The third-order valence-corrected chi connectivity index (χ3v) is 3.82. The average molecular weight is 220 g/mol. The highest BCUT2D eigenvalue weighted by Crippen LogP contribution is 2.47. The maximum absolute atomic E-state index is 6.33. The van der Waals surface area contributed by atoms with Crippen LogP contribution in [0.5, 0.6) is 0 Å². The molecular formula is C12H20N4. The molecule has 3 N–H and O–H groups in total. The van der Waals surface area contributed by atoms with Gasteiger partial charge in [-0.2, -0.15) is 0 Å². The largest absolute Gasteiger partial charge is 0.322 e. The number of nitrogens with two attached hydrogens (primary N) is 1. The third kappa shape index (κ3) is 1.72. The smallest absolute Gasteiger partial charge is 0.0783 e. The van der Waals surface area contributed by atoms with E-state index in [0.29, 0.717) is 0 Å². The van der Waals surface area contributed by atoms with E-state index < -0.39 is 0 Å². The van der Waals surface area contributed by atoms with Crippen molar-refractivity contribution in [1.82, 2.24) is 5.32 Å². The van der Waals surface area contributed by atoms with E-state index in [1.807, 2.05) is 13.1 Å². The van der Waals surface area contributed by atoms with E-state index in [2.05, 4.69) is 22.0 Å². The minimum absolute atomic E-state index is 0.00537. The Balaban J connectivity index is 2.27. The molecule has 1 aliphatic heterocycles. The van der Waals surface area contributed by atoms with E-state index in [9.17, 15) is 0 Å². The van der Waals surface area contributed by atoms with Crippen molar-refractivity contribution in [2.75, 3.05) is 13.1 Å². The summed E-state index contributed by atoms with van der Waals surface area (Å²) in [5.41, 5.74) is 8.43. The number of hydrogen-bond acceptors (Lipinski definition) is 4. The van der Waals surface area contributed by atoms with Crippen LogP contribution in [-0.4, -0.2) is 32.1 Å². The minimum atomic E-state index is 0.00537. The zero-order valence-electron chi connectivity index (χ0n) is 9.87. The fourth-order valence-corrected chi connectivity index (χ4v) is 2.87. The van der Waals surface area contributed by atoms with Crippen molar-refractivity contribution in [2.24, 2.45) is 21.1 Å². The molecule has 1 saturated heterocycles. The van der Waals surface area contributed by atoms with Crippen LogP contribution in [0.3, 0.4) is 0 Å². The van der Waals surface area contributed by atoms with Crippen LogP contribution in [-0.2, 0) is 0 Å². The van der Waals surface area contributed by atoms with Crippen LogP contribution in [0.4, 0.5) is 0 Å². The van der Waals surface area contributed by atoms with Gasteiger partial charge in [0.2, 0.25) is 0 Å². The first-order valence-corrected chi connectivity index (χ1v) is 5.88. The third-order valence-electron chi connectivity index (χ3n) is 3.82. The Labute approximate surface area is 96.7 Å². The molecule has 0 saturated carbocycles. The van der Waals surface area contributed by atoms with Crippen molar-refractivity contribution in [3.8, 4) is 0 Å². The number of nitrogens with one attached hydrogen (secondary N) is 1. The molecule has 0 aromatic rings. The molecule has 88 valence electrons. The van der Waals surface area contributed by atoms with Crippen LogP contribution >= 0.6 is 0 Å². The molecule has 0 unspecified atom stereocenters. The molecule has 1 fully saturated rings. The predicted octanol–water partition coefficient (Wildman–Crippen LogP) is 1.09. The summed E-state index contributed by atoms with van der Waals surface area (Å²) in [6, 6.07) is 0.00537. The standard InChI is InChI=1S/C12H20N4/c1-3-16-9-8-12(4-6-15-7-5-12)11(13)10(9)14-2/h3,11,15H,2,4-8,13H2,1H3/t11-/m1/s1. The molecular weight excluding hydrogens is 200 g/mol. The van der Waals surface area contributed by atoms with E-state index in [0.717, 1.165) is 43.7 Å². The maximum atomic E-state index is 6.33. The lowest BCUT2D eigenvalue weighted by Crippen LogP contribution is -2.46. The van der Waals surface area contributed by atoms with Gasteiger partial charge in [0, 0.05) is 6.21 Å². The number of allylic oxidation sites excluding steroid dienone is 1. The SMILES string of the molecule is C=NC1=C(N=CC)CC2(CCNCC2)[C@@H]1N. The van der Waals surface area contributed by atoms with Gasteiger partial charge >= 0.3 is 0 Å². The molecule has 16 heavy (non-hydrogen) atoms. The Bertz CT molecular complexity index is 337. The normalized spacial score (nSPS) is 29.2. The summed E-state index contributed by atoms with van der Waals surface area (Å²) in [4.78, 5) is 8.48. The Morgan fingerprint density at radius 3 is 2.75 bits per heavy atom. The average Bonchev–Trinajstić information content (AvgIpc) is 2.54. The lowest BCUT2D eigenvalue weighted by molar-refractivity contribution is 0.188. The summed E-state index contributed by atoms with van der Waals surface area (Å²) in [7, 11) is 0. The van der Waals surface area contributed by atoms with Gasteiger partial charge in [0.1, 0.15) is 0 Å². The zero-order chi connectivity index (χ0) is 11.6. The van der Waals surface area contributed by atoms with Gasteiger partial charge < -0.3 is 11.1 Å². The first kappa shape index (κ1) is 11.5. The van der Waals surface area contributed by atoms with Gasteiger partial charge in [-0.1, -0.05) is 0 Å². The van der Waals surface area contributed by atoms with Crippen molar-refractivity contribution < 1.29 is 0 Å². The molecule has 0 aromatic heterocycles. The van der Waals surface area contributed by atoms with Crippen LogP contribution in [0.25, 0.3) is 0 Å². The summed E-state index contributed by atoms with van der Waals surface area (Å²) >= 11 is 0. The number of piperidine rings is 1. The lowest BCUT2D eigenvalue weighted by atomic mass is 9.73. The number of rotatable bonds is 2. The van der Waals surface area contributed by atoms with Gasteiger partial charge in [0.15, 0.2) is 0 Å². The molecule has 0 bridgehead atoms. The van der Waals surface area contributed by atoms with Crippen LogP contribution in [0.1, 0.15) is 26.2 Å². The molecule has 2 aliphatic rings. The second kappa shape index (κ2) is 4.47. The number of aliphatic imine (C=N–C) groups is 2. The quantitative estimate of drug-likeness (QED) is 0.684. The molecule has 1 spiro atoms. The molecule has 1 aliphatic carbocycles. The molecule has 2 rings (SSSR count). The van der Waals surface area contributed by atoms with Crippen molar-refractivity contribution in [1.29, 1.82) is 0 Å². The zero-order valence-corrected chi connectivity index (χ0v) is 9.87. The molecule has 0 amide bonds. The van der Waals surface area contributed by atoms with E-state index in [1.165, 1.54) is 0 Å². The lowest BCUT2D eigenvalue weighted by Gasteiger charge is -2.37. The fourth-order valence-electron chi connectivity index (χ4n) is 2.87. The second-order valence-electron chi connectivity index (χ2n) is 4.64. The Kier molecular flexibility index (Phi) is 3.21. The van der Waals surface area contributed by atoms with Crippen LogP contribution in [0.2, 0.25) is 0 Å². The maximum Gasteiger partial charge on any atom is 0.0783 e. The summed E-state index contributed by atoms with van der Waals surface area (Å²) in [5, 5.41) is 3.38. The highest BCUT2D eigenvalue weighted by Gasteiger charge is 2.46. The molecule has 4 nitrogen and oxygen atoms in total. The Hall–Kier alpha value is -1.00. The topological polar surface area (TPSA) is 62.8 Å². The summed E-state index contributed by atoms with van der Waals surface area (Å²) < 4.78 is 0. The molecule has 0 aromatic carbocycles. The number of nitrogens with zero attached hydrogens (tertiary/aromatic N) is 2. The fraction of sp³-hybridized carbons (Fsp3) is 0.667. The first-order valence-electron chi connectivity index (χ1n) is 5.88. The van der Waals surface area contributed by atoms with Gasteiger partial charge in [-0.25, -0.2) is 0 Å². The predicted molar refractivity (Wildman–Crippen MR) is 67.9 cm³/mol. The minimum Gasteiger partial charge on any atom is -0.322 e. The highest BCUT2D eigenvalue weighted by molar-refractivity contribution is 5.56. The van der Waals surface area contributed by atoms with Gasteiger partial charge in [-0.3, -0.25) is 9.98 Å². The molecule has 1 heterocycles. The van der Waals surface area contributed by atoms with Crippen molar-refractivity contribution in [2.45, 2.75) is 32.2 Å². The van der Waals surface area contributed by atoms with E-state index in [4.69, 9.17) is 5.73 Å². The molecule has 4 heteroatoms. The summed E-state index contributed by atoms with van der Waals surface area (Å²) in [5.74, 6) is 0. The van der Waals surface area contributed by atoms with Gasteiger partial charge in [-0.15, -0.1) is 0 Å². The van der Waals surface area contributed by atoms with Gasteiger partial charge in [0.05, 0.1) is 17.4 Å². The van der Waals surface area contributed by atoms with E-state index >= 15 is 0 Å². The van der Waals surface area contributed by atoms with Crippen molar-refractivity contribution in [3.63, 3.8) is 0 Å².